The molecule has 9 nitrogen and oxygen atoms in total. The molecule has 3 unspecified atom stereocenters. The first-order valence-corrected chi connectivity index (χ1v) is 13.3. The lowest BCUT2D eigenvalue weighted by Crippen LogP contribution is -2.41. The number of nitrogens with two attached hydrogens (primary N) is 2. The monoisotopic (exact) mass is 516 g/mol. The van der Waals surface area contributed by atoms with Crippen molar-refractivity contribution in [3.8, 4) is 5.75 Å². The maximum absolute atomic E-state index is 13.4. The van der Waals surface area contributed by atoms with Crippen molar-refractivity contribution >= 4 is 23.6 Å². The van der Waals surface area contributed by atoms with Gasteiger partial charge in [0.15, 0.2) is 6.10 Å². The molecule has 37 heavy (non-hydrogen) atoms. The van der Waals surface area contributed by atoms with E-state index in [9.17, 15) is 9.59 Å². The first-order valence-electron chi connectivity index (χ1n) is 13.3. The van der Waals surface area contributed by atoms with Gasteiger partial charge >= 0.3 is 12.1 Å². The summed E-state index contributed by atoms with van der Waals surface area (Å²) >= 11 is 0. The van der Waals surface area contributed by atoms with Gasteiger partial charge in [-0.15, -0.1) is 0 Å². The van der Waals surface area contributed by atoms with Crippen molar-refractivity contribution in [1.29, 1.82) is 0 Å². The molecule has 2 aliphatic rings. The van der Waals surface area contributed by atoms with Crippen LogP contribution in [0.2, 0.25) is 0 Å². The molecule has 3 atom stereocenters. The number of aryl methyl sites for hydroxylation is 1. The molecular formula is C28H44N4O5. The summed E-state index contributed by atoms with van der Waals surface area (Å²) in [5.41, 5.74) is 13.8. The average molecular weight is 517 g/mol. The van der Waals surface area contributed by atoms with E-state index in [-0.39, 0.29) is 18.2 Å². The van der Waals surface area contributed by atoms with Crippen LogP contribution >= 0.6 is 0 Å². The number of nitrogens with zero attached hydrogens (tertiary/aromatic N) is 2. The summed E-state index contributed by atoms with van der Waals surface area (Å²) in [7, 11) is 0. The molecule has 1 heterocycles. The number of hydrogen-bond acceptors (Lipinski definition) is 8. The van der Waals surface area contributed by atoms with Gasteiger partial charge in [0, 0.05) is 6.54 Å². The zero-order valence-electron chi connectivity index (χ0n) is 23.4. The Morgan fingerprint density at radius 3 is 2.46 bits per heavy atom. The predicted molar refractivity (Wildman–Crippen MR) is 144 cm³/mol. The normalized spacial score (nSPS) is 20.1. The molecule has 0 bridgehead atoms. The van der Waals surface area contributed by atoms with Crippen molar-refractivity contribution in [2.24, 2.45) is 16.5 Å². The van der Waals surface area contributed by atoms with Crippen molar-refractivity contribution in [3.63, 3.8) is 0 Å². The van der Waals surface area contributed by atoms with Gasteiger partial charge in [-0.25, -0.2) is 9.79 Å². The minimum atomic E-state index is -0.693. The molecule has 206 valence electrons. The number of carbonyl (C=O) groups is 2. The van der Waals surface area contributed by atoms with Crippen LogP contribution in [0.15, 0.2) is 17.1 Å². The summed E-state index contributed by atoms with van der Waals surface area (Å²) in [6.45, 7) is 13.4. The molecule has 0 saturated heterocycles. The SMILES string of the molecule is CC1Oc2cc3c(cc2N=C1N)C(N(CCCCC(N)C(=O)OC(C)(C)C)C(=O)OC(C)(C)C)CCC3. The minimum Gasteiger partial charge on any atom is -0.481 e. The second kappa shape index (κ2) is 11.3. The smallest absolute Gasteiger partial charge is 0.410 e. The first kappa shape index (κ1) is 28.8. The number of esters is 1. The summed E-state index contributed by atoms with van der Waals surface area (Å²) in [6, 6.07) is 3.19. The third-order valence-corrected chi connectivity index (χ3v) is 6.35. The third kappa shape index (κ3) is 7.84. The number of hydrogen-bond donors (Lipinski definition) is 2. The Labute approximate surface area is 220 Å². The van der Waals surface area contributed by atoms with Crippen LogP contribution in [0.4, 0.5) is 10.5 Å². The fraction of sp³-hybridized carbons (Fsp3) is 0.679. The Balaban J connectivity index is 1.77. The number of fused-ring (bicyclic) bond motifs is 2. The molecule has 1 amide bonds. The standard InChI is InChI=1S/C28H44N4O5/c1-17-24(30)31-21-16-19-18(15-23(21)35-17)11-10-13-22(19)32(26(34)37-28(5,6)7)14-9-8-12-20(29)25(33)36-27(2,3)4/h15-17,20,22H,8-14,29H2,1-7H3,(H2,30,31). The minimum absolute atomic E-state index is 0.154. The van der Waals surface area contributed by atoms with Crippen LogP contribution in [0.3, 0.4) is 0 Å². The van der Waals surface area contributed by atoms with E-state index in [4.69, 9.17) is 25.7 Å². The molecule has 0 aromatic heterocycles. The Bertz CT molecular complexity index is 1020. The van der Waals surface area contributed by atoms with Crippen LogP contribution in [0.5, 0.6) is 5.75 Å². The van der Waals surface area contributed by atoms with Gasteiger partial charge in [0.25, 0.3) is 0 Å². The van der Waals surface area contributed by atoms with Gasteiger partial charge in [-0.1, -0.05) is 0 Å². The van der Waals surface area contributed by atoms with Crippen molar-refractivity contribution in [2.45, 2.75) is 116 Å². The van der Waals surface area contributed by atoms with Crippen LogP contribution in [-0.4, -0.2) is 52.7 Å². The number of carbonyl (C=O) groups excluding carboxylic acids is 2. The van der Waals surface area contributed by atoms with Gasteiger partial charge in [0.1, 0.15) is 34.5 Å². The number of unbranched alkanes of at least 4 members (excludes halogenated alkanes) is 1. The van der Waals surface area contributed by atoms with Crippen molar-refractivity contribution < 1.29 is 23.8 Å². The van der Waals surface area contributed by atoms with Crippen LogP contribution in [-0.2, 0) is 20.7 Å². The highest BCUT2D eigenvalue weighted by Crippen LogP contribution is 2.42. The van der Waals surface area contributed by atoms with E-state index in [0.717, 1.165) is 36.1 Å². The van der Waals surface area contributed by atoms with Gasteiger partial charge in [-0.2, -0.15) is 0 Å². The molecule has 3 rings (SSSR count). The number of amidine groups is 1. The van der Waals surface area contributed by atoms with E-state index in [2.05, 4.69) is 4.99 Å². The van der Waals surface area contributed by atoms with Gasteiger partial charge in [0.2, 0.25) is 0 Å². The first-order chi connectivity index (χ1) is 17.1. The van der Waals surface area contributed by atoms with Crippen LogP contribution in [0, 0.1) is 0 Å². The molecule has 1 aromatic carbocycles. The second-order valence-electron chi connectivity index (χ2n) is 12.0. The predicted octanol–water partition coefficient (Wildman–Crippen LogP) is 4.91. The van der Waals surface area contributed by atoms with E-state index in [1.165, 1.54) is 0 Å². The van der Waals surface area contributed by atoms with E-state index in [1.807, 2.05) is 65.5 Å². The molecule has 1 aliphatic heterocycles. The highest BCUT2D eigenvalue weighted by atomic mass is 16.6. The van der Waals surface area contributed by atoms with Crippen molar-refractivity contribution in [1.82, 2.24) is 4.90 Å². The quantitative estimate of drug-likeness (QED) is 0.389. The lowest BCUT2D eigenvalue weighted by molar-refractivity contribution is -0.156. The summed E-state index contributed by atoms with van der Waals surface area (Å²) in [5.74, 6) is 0.755. The molecule has 4 N–H and O–H groups in total. The maximum atomic E-state index is 13.4. The van der Waals surface area contributed by atoms with Crippen LogP contribution < -0.4 is 16.2 Å². The molecule has 1 aromatic rings. The Kier molecular flexibility index (Phi) is 8.78. The van der Waals surface area contributed by atoms with E-state index < -0.39 is 23.2 Å². The van der Waals surface area contributed by atoms with Gasteiger partial charge < -0.3 is 30.6 Å². The summed E-state index contributed by atoms with van der Waals surface area (Å²) in [4.78, 5) is 32.0. The topological polar surface area (TPSA) is 129 Å². The molecule has 9 heteroatoms. The number of rotatable bonds is 7. The van der Waals surface area contributed by atoms with E-state index >= 15 is 0 Å². The summed E-state index contributed by atoms with van der Waals surface area (Å²) < 4.78 is 17.1. The molecule has 1 aliphatic carbocycles. The van der Waals surface area contributed by atoms with Crippen LogP contribution in [0.1, 0.15) is 97.7 Å². The molecule has 0 saturated carbocycles. The average Bonchev–Trinajstić information content (AvgIpc) is 2.76. The fourth-order valence-corrected chi connectivity index (χ4v) is 4.62. The Morgan fingerprint density at radius 1 is 1.14 bits per heavy atom. The lowest BCUT2D eigenvalue weighted by Gasteiger charge is -2.37. The van der Waals surface area contributed by atoms with Crippen molar-refractivity contribution in [3.05, 3.63) is 23.3 Å². The highest BCUT2D eigenvalue weighted by Gasteiger charge is 2.34. The van der Waals surface area contributed by atoms with E-state index in [0.29, 0.717) is 37.3 Å². The molecule has 0 spiro atoms. The van der Waals surface area contributed by atoms with Crippen LogP contribution in [0.25, 0.3) is 0 Å². The third-order valence-electron chi connectivity index (χ3n) is 6.35. The molecular weight excluding hydrogens is 472 g/mol. The number of amides is 1. The van der Waals surface area contributed by atoms with Gasteiger partial charge in [-0.3, -0.25) is 4.79 Å². The number of ether oxygens (including phenoxy) is 3. The summed E-state index contributed by atoms with van der Waals surface area (Å²) in [6.07, 6.45) is 3.88. The number of benzene rings is 1. The largest absolute Gasteiger partial charge is 0.481 e. The maximum Gasteiger partial charge on any atom is 0.410 e. The lowest BCUT2D eigenvalue weighted by atomic mass is 9.86. The molecule has 0 fully saturated rings. The number of aliphatic imine (C=N–C) groups is 1. The van der Waals surface area contributed by atoms with Gasteiger partial charge in [-0.05, 0) is 110 Å². The van der Waals surface area contributed by atoms with E-state index in [1.54, 1.807) is 0 Å². The second-order valence-corrected chi connectivity index (χ2v) is 12.0. The fourth-order valence-electron chi connectivity index (χ4n) is 4.62. The zero-order valence-corrected chi connectivity index (χ0v) is 23.4. The van der Waals surface area contributed by atoms with Crippen molar-refractivity contribution in [2.75, 3.05) is 6.54 Å². The Hall–Kier alpha value is -2.81. The Morgan fingerprint density at radius 2 is 1.81 bits per heavy atom. The highest BCUT2D eigenvalue weighted by molar-refractivity contribution is 5.90. The molecule has 0 radical (unpaired) electrons. The zero-order chi connectivity index (χ0) is 27.5. The summed E-state index contributed by atoms with van der Waals surface area (Å²) in [5, 5.41) is 0. The van der Waals surface area contributed by atoms with Gasteiger partial charge in [0.05, 0.1) is 6.04 Å².